The average Bonchev–Trinajstić information content (AvgIpc) is 2.71. The number of carbonyl (C=O) groups excluding carboxylic acids is 1. The Labute approximate surface area is 185 Å². The first kappa shape index (κ1) is 24.5. The summed E-state index contributed by atoms with van der Waals surface area (Å²) in [5.74, 6) is 1.34. The molecule has 2 aromatic carbocycles. The SMILES string of the molecule is CCOc1ccc(N(CC(=O)N[C@@H](CC(C)C)c2ccc(OC)cc2)S(C)(=O)=O)cc1. The minimum Gasteiger partial charge on any atom is -0.497 e. The summed E-state index contributed by atoms with van der Waals surface area (Å²) in [4.78, 5) is 12.9. The zero-order valence-corrected chi connectivity index (χ0v) is 19.6. The number of nitrogens with one attached hydrogen (secondary N) is 1. The number of benzene rings is 2. The number of nitrogens with zero attached hydrogens (tertiary/aromatic N) is 1. The third kappa shape index (κ3) is 7.47. The zero-order valence-electron chi connectivity index (χ0n) is 18.8. The molecule has 8 heteroatoms. The van der Waals surface area contributed by atoms with E-state index in [9.17, 15) is 13.2 Å². The van der Waals surface area contributed by atoms with Crippen molar-refractivity contribution in [3.05, 3.63) is 54.1 Å². The fourth-order valence-electron chi connectivity index (χ4n) is 3.23. The number of carbonyl (C=O) groups is 1. The van der Waals surface area contributed by atoms with Crippen LogP contribution in [0, 0.1) is 5.92 Å². The van der Waals surface area contributed by atoms with Crippen molar-refractivity contribution in [3.63, 3.8) is 0 Å². The third-order valence-electron chi connectivity index (χ3n) is 4.68. The third-order valence-corrected chi connectivity index (χ3v) is 5.82. The largest absolute Gasteiger partial charge is 0.497 e. The molecule has 0 spiro atoms. The first-order valence-corrected chi connectivity index (χ1v) is 12.1. The van der Waals surface area contributed by atoms with Gasteiger partial charge >= 0.3 is 0 Å². The summed E-state index contributed by atoms with van der Waals surface area (Å²) in [6.07, 6.45) is 1.81. The number of ether oxygens (including phenoxy) is 2. The molecule has 0 saturated carbocycles. The predicted octanol–water partition coefficient (Wildman–Crippen LogP) is 3.76. The Morgan fingerprint density at radius 2 is 1.61 bits per heavy atom. The van der Waals surface area contributed by atoms with Gasteiger partial charge in [0.2, 0.25) is 15.9 Å². The molecule has 0 saturated heterocycles. The standard InChI is InChI=1S/C23H32N2O5S/c1-6-30-21-13-9-19(10-14-21)25(31(5,27)28)16-23(26)24-22(15-17(2)3)18-7-11-20(29-4)12-8-18/h7-14,17,22H,6,15-16H2,1-5H3,(H,24,26)/t22-/m0/s1. The van der Waals surface area contributed by atoms with E-state index in [0.717, 1.165) is 28.3 Å². The maximum Gasteiger partial charge on any atom is 0.241 e. The number of rotatable bonds is 11. The Morgan fingerprint density at radius 1 is 1.03 bits per heavy atom. The highest BCUT2D eigenvalue weighted by Gasteiger charge is 2.23. The van der Waals surface area contributed by atoms with Crippen molar-refractivity contribution < 1.29 is 22.7 Å². The summed E-state index contributed by atoms with van der Waals surface area (Å²) >= 11 is 0. The number of anilines is 1. The summed E-state index contributed by atoms with van der Waals surface area (Å²) in [6, 6.07) is 13.9. The van der Waals surface area contributed by atoms with Crippen LogP contribution in [-0.4, -0.2) is 40.8 Å². The minimum absolute atomic E-state index is 0.236. The van der Waals surface area contributed by atoms with Crippen LogP contribution in [0.2, 0.25) is 0 Å². The van der Waals surface area contributed by atoms with Gasteiger partial charge in [-0.05, 0) is 61.2 Å². The molecular weight excluding hydrogens is 416 g/mol. The first-order valence-electron chi connectivity index (χ1n) is 10.3. The van der Waals surface area contributed by atoms with E-state index < -0.39 is 10.0 Å². The molecule has 2 rings (SSSR count). The van der Waals surface area contributed by atoms with Crippen LogP contribution >= 0.6 is 0 Å². The normalized spacial score (nSPS) is 12.3. The van der Waals surface area contributed by atoms with E-state index in [2.05, 4.69) is 19.2 Å². The van der Waals surface area contributed by atoms with Crippen LogP contribution in [0.5, 0.6) is 11.5 Å². The van der Waals surface area contributed by atoms with Crippen molar-refractivity contribution in [2.75, 3.05) is 30.8 Å². The Morgan fingerprint density at radius 3 is 2.10 bits per heavy atom. The molecule has 0 radical (unpaired) electrons. The maximum atomic E-state index is 12.9. The molecule has 170 valence electrons. The van der Waals surface area contributed by atoms with Crippen LogP contribution in [0.25, 0.3) is 0 Å². The molecule has 0 aliphatic heterocycles. The number of methoxy groups -OCH3 is 1. The van der Waals surface area contributed by atoms with Gasteiger partial charge in [-0.25, -0.2) is 8.42 Å². The monoisotopic (exact) mass is 448 g/mol. The van der Waals surface area contributed by atoms with Crippen molar-refractivity contribution in [2.24, 2.45) is 5.92 Å². The molecule has 0 aliphatic carbocycles. The van der Waals surface area contributed by atoms with Crippen molar-refractivity contribution in [1.29, 1.82) is 0 Å². The fourth-order valence-corrected chi connectivity index (χ4v) is 4.09. The van der Waals surface area contributed by atoms with Gasteiger partial charge in [0.25, 0.3) is 0 Å². The lowest BCUT2D eigenvalue weighted by atomic mass is 9.97. The number of hydrogen-bond donors (Lipinski definition) is 1. The number of hydrogen-bond acceptors (Lipinski definition) is 5. The zero-order chi connectivity index (χ0) is 23.0. The summed E-state index contributed by atoms with van der Waals surface area (Å²) in [6.45, 7) is 6.23. The smallest absolute Gasteiger partial charge is 0.241 e. The predicted molar refractivity (Wildman–Crippen MR) is 123 cm³/mol. The van der Waals surface area contributed by atoms with Gasteiger partial charge in [0.15, 0.2) is 0 Å². The van der Waals surface area contributed by atoms with E-state index in [0.29, 0.717) is 24.0 Å². The van der Waals surface area contributed by atoms with Gasteiger partial charge in [0.05, 0.1) is 31.7 Å². The molecule has 0 bridgehead atoms. The van der Waals surface area contributed by atoms with E-state index in [4.69, 9.17) is 9.47 Å². The molecule has 0 aromatic heterocycles. The topological polar surface area (TPSA) is 84.9 Å². The van der Waals surface area contributed by atoms with Crippen LogP contribution < -0.4 is 19.1 Å². The van der Waals surface area contributed by atoms with Crippen molar-refractivity contribution >= 4 is 21.6 Å². The number of sulfonamides is 1. The number of amides is 1. The van der Waals surface area contributed by atoms with Crippen LogP contribution in [0.4, 0.5) is 5.69 Å². The van der Waals surface area contributed by atoms with E-state index >= 15 is 0 Å². The van der Waals surface area contributed by atoms with Gasteiger partial charge in [-0.3, -0.25) is 9.10 Å². The van der Waals surface area contributed by atoms with Crippen LogP contribution in [0.3, 0.4) is 0 Å². The Bertz CT molecular complexity index is 941. The van der Waals surface area contributed by atoms with Crippen molar-refractivity contribution in [3.8, 4) is 11.5 Å². The van der Waals surface area contributed by atoms with Crippen LogP contribution in [-0.2, 0) is 14.8 Å². The highest BCUT2D eigenvalue weighted by Crippen LogP contribution is 2.25. The second-order valence-electron chi connectivity index (χ2n) is 7.72. The molecule has 2 aromatic rings. The quantitative estimate of drug-likeness (QED) is 0.566. The van der Waals surface area contributed by atoms with Crippen molar-refractivity contribution in [2.45, 2.75) is 33.2 Å². The molecule has 1 N–H and O–H groups in total. The summed E-state index contributed by atoms with van der Waals surface area (Å²) < 4.78 is 36.5. The highest BCUT2D eigenvalue weighted by molar-refractivity contribution is 7.92. The molecule has 1 amide bonds. The molecule has 31 heavy (non-hydrogen) atoms. The van der Waals surface area contributed by atoms with E-state index in [1.54, 1.807) is 31.4 Å². The van der Waals surface area contributed by atoms with Gasteiger partial charge in [0.1, 0.15) is 18.0 Å². The molecule has 7 nitrogen and oxygen atoms in total. The Balaban J connectivity index is 2.20. The lowest BCUT2D eigenvalue weighted by Crippen LogP contribution is -2.41. The summed E-state index contributed by atoms with van der Waals surface area (Å²) in [5, 5.41) is 3.00. The van der Waals surface area contributed by atoms with Gasteiger partial charge in [-0.1, -0.05) is 26.0 Å². The van der Waals surface area contributed by atoms with Gasteiger partial charge < -0.3 is 14.8 Å². The van der Waals surface area contributed by atoms with Crippen LogP contribution in [0.15, 0.2) is 48.5 Å². The summed E-state index contributed by atoms with van der Waals surface area (Å²) in [5.41, 5.74) is 1.35. The summed E-state index contributed by atoms with van der Waals surface area (Å²) in [7, 11) is -2.06. The second kappa shape index (κ2) is 11.0. The molecule has 0 heterocycles. The molecular formula is C23H32N2O5S. The highest BCUT2D eigenvalue weighted by atomic mass is 32.2. The van der Waals surface area contributed by atoms with Crippen LogP contribution in [0.1, 0.15) is 38.8 Å². The maximum absolute atomic E-state index is 12.9. The molecule has 0 fully saturated rings. The first-order chi connectivity index (χ1) is 14.6. The lowest BCUT2D eigenvalue weighted by Gasteiger charge is -2.25. The molecule has 1 atom stereocenters. The van der Waals surface area contributed by atoms with Gasteiger partial charge in [-0.15, -0.1) is 0 Å². The lowest BCUT2D eigenvalue weighted by molar-refractivity contribution is -0.120. The van der Waals surface area contributed by atoms with Crippen molar-refractivity contribution in [1.82, 2.24) is 5.32 Å². The average molecular weight is 449 g/mol. The van der Waals surface area contributed by atoms with Gasteiger partial charge in [-0.2, -0.15) is 0 Å². The fraction of sp³-hybridized carbons (Fsp3) is 0.435. The minimum atomic E-state index is -3.66. The van der Waals surface area contributed by atoms with Gasteiger partial charge in [0, 0.05) is 0 Å². The second-order valence-corrected chi connectivity index (χ2v) is 9.63. The Kier molecular flexibility index (Phi) is 8.74. The van der Waals surface area contributed by atoms with E-state index in [1.165, 1.54) is 0 Å². The molecule has 0 unspecified atom stereocenters. The molecule has 0 aliphatic rings. The Hall–Kier alpha value is -2.74. The van der Waals surface area contributed by atoms with E-state index in [1.807, 2.05) is 31.2 Å². The van der Waals surface area contributed by atoms with E-state index in [-0.39, 0.29) is 18.5 Å².